The molecule has 0 saturated carbocycles. The van der Waals surface area contributed by atoms with E-state index < -0.39 is 64.7 Å². The molecule has 0 radical (unpaired) electrons. The van der Waals surface area contributed by atoms with Crippen LogP contribution in [-0.4, -0.2) is 177 Å². The van der Waals surface area contributed by atoms with Gasteiger partial charge < -0.3 is 48.2 Å². The number of benzene rings is 2. The molecule has 79 heavy (non-hydrogen) atoms. The van der Waals surface area contributed by atoms with Crippen molar-refractivity contribution in [2.75, 3.05) is 120 Å². The number of anilines is 2. The molecule has 1 unspecified atom stereocenters. The molecule has 0 aliphatic carbocycles. The number of nitrogens with zero attached hydrogens (tertiary/aromatic N) is 3. The lowest BCUT2D eigenvalue weighted by molar-refractivity contribution is -0.198. The van der Waals surface area contributed by atoms with E-state index in [1.807, 2.05) is 62.6 Å². The molecular formula is C53H77N3O20S3. The Kier molecular flexibility index (Phi) is 26.2. The van der Waals surface area contributed by atoms with Gasteiger partial charge in [-0.25, -0.2) is 4.79 Å². The number of fused-ring (bicyclic) bond motifs is 1. The monoisotopic (exact) mass is 1170 g/mol. The Morgan fingerprint density at radius 1 is 0.759 bits per heavy atom. The van der Waals surface area contributed by atoms with E-state index in [1.54, 1.807) is 30.4 Å². The lowest BCUT2D eigenvalue weighted by Crippen LogP contribution is -2.32. The number of ether oxygens (including phenoxy) is 6. The zero-order valence-electron chi connectivity index (χ0n) is 45.6. The first-order chi connectivity index (χ1) is 37.1. The maximum Gasteiger partial charge on any atom is 0.335 e. The lowest BCUT2D eigenvalue weighted by atomic mass is 9.77. The third kappa shape index (κ3) is 22.4. The Labute approximate surface area is 464 Å². The largest absolute Gasteiger partial charge is 0.507 e. The molecule has 26 heteroatoms. The van der Waals surface area contributed by atoms with Gasteiger partial charge in [-0.05, 0) is 91.6 Å². The number of phenolic OH excluding ortho intramolecular Hbond substituents is 1. The summed E-state index contributed by atoms with van der Waals surface area (Å²) >= 11 is 0. The summed E-state index contributed by atoms with van der Waals surface area (Å²) in [5, 5.41) is 11.9. The van der Waals surface area contributed by atoms with Crippen LogP contribution in [0.1, 0.15) is 84.3 Å². The summed E-state index contributed by atoms with van der Waals surface area (Å²) in [6.07, 6.45) is 7.43. The number of hydrogen-bond acceptors (Lipinski definition) is 19. The molecule has 2 aliphatic rings. The normalized spacial score (nSPS) is 16.9. The van der Waals surface area contributed by atoms with Gasteiger partial charge in [0.2, 0.25) is 0 Å². The van der Waals surface area contributed by atoms with Crippen LogP contribution in [0.2, 0.25) is 0 Å². The maximum atomic E-state index is 12.4. The van der Waals surface area contributed by atoms with Gasteiger partial charge in [0.25, 0.3) is 42.2 Å². The minimum Gasteiger partial charge on any atom is -0.507 e. The molecular weight excluding hydrogens is 1090 g/mol. The van der Waals surface area contributed by atoms with Gasteiger partial charge in [0, 0.05) is 66.6 Å². The Bertz CT molecular complexity index is 2810. The molecule has 442 valence electrons. The van der Waals surface area contributed by atoms with Crippen molar-refractivity contribution >= 4 is 65.1 Å². The van der Waals surface area contributed by atoms with Crippen LogP contribution >= 0.6 is 0 Å². The number of allylic oxidation sites excluding steroid dienone is 7. The Morgan fingerprint density at radius 2 is 1.29 bits per heavy atom. The van der Waals surface area contributed by atoms with E-state index >= 15 is 0 Å². The molecule has 2 aliphatic heterocycles. The van der Waals surface area contributed by atoms with Crippen LogP contribution in [0.5, 0.6) is 5.75 Å². The standard InChI is InChI=1S/C53H77N3O20S3/c1-7-54(21-10-36-78(64,65)66)41-13-15-43(47(57)38-41)44(52(3,4)5)37-40(2)11-8-12-48-53(6,20-9-35-77(61,62)63)45-39-42(79(67,68)69)14-16-46(45)55(48)22-24-71-26-28-73-30-32-75-34-33-74-31-29-72-27-25-70-23-19-51(60)76-56-49(58)17-18-50(56)59/h8,11-16,37-39,57H,2,7,9-10,17-36H2,1,3-6H3,(H,61,62,63)(H,64,65,66)(H,67,68,69)/b11-8+,44-37+,48-12+. The lowest BCUT2D eigenvalue weighted by Gasteiger charge is -2.30. The van der Waals surface area contributed by atoms with E-state index in [-0.39, 0.29) is 101 Å². The highest BCUT2D eigenvalue weighted by Crippen LogP contribution is 2.51. The first-order valence-electron chi connectivity index (χ1n) is 25.9. The average molecular weight is 1170 g/mol. The van der Waals surface area contributed by atoms with Gasteiger partial charge in [-0.2, -0.15) is 25.3 Å². The smallest absolute Gasteiger partial charge is 0.335 e. The zero-order valence-corrected chi connectivity index (χ0v) is 48.1. The number of imide groups is 1. The molecule has 2 aromatic carbocycles. The van der Waals surface area contributed by atoms with Crippen molar-refractivity contribution in [1.82, 2.24) is 5.06 Å². The Morgan fingerprint density at radius 3 is 1.80 bits per heavy atom. The van der Waals surface area contributed by atoms with Crippen LogP contribution in [-0.2, 0) is 83.4 Å². The molecule has 2 heterocycles. The minimum absolute atomic E-state index is 0.00426. The maximum absolute atomic E-state index is 12.4. The number of rotatable bonds is 37. The van der Waals surface area contributed by atoms with Gasteiger partial charge in [-0.1, -0.05) is 45.6 Å². The highest BCUT2D eigenvalue weighted by Gasteiger charge is 2.44. The predicted molar refractivity (Wildman–Crippen MR) is 294 cm³/mol. The van der Waals surface area contributed by atoms with Crippen molar-refractivity contribution in [2.45, 2.75) is 83.5 Å². The minimum atomic E-state index is -4.64. The molecule has 4 rings (SSSR count). The third-order valence-corrected chi connectivity index (χ3v) is 15.1. The number of hydrogen-bond donors (Lipinski definition) is 4. The first-order valence-corrected chi connectivity index (χ1v) is 30.5. The second-order valence-electron chi connectivity index (χ2n) is 19.7. The number of carbonyl (C=O) groups excluding carboxylic acids is 3. The zero-order chi connectivity index (χ0) is 58.4. The SMILES string of the molecule is C=C(/C=C(\c1ccc(N(CC)CCCS(=O)(=O)O)cc1O)C(C)(C)C)/C=C/C=C1/N(CCOCCOCCOCCOCCOCCOCCC(=O)ON2C(=O)CCC2=O)c2ccc(S(=O)(=O)O)cc2C1(C)CCCS(=O)(=O)O. The van der Waals surface area contributed by atoms with E-state index in [0.29, 0.717) is 91.6 Å². The van der Waals surface area contributed by atoms with Crippen molar-refractivity contribution in [2.24, 2.45) is 5.41 Å². The number of amides is 2. The van der Waals surface area contributed by atoms with Crippen LogP contribution in [0, 0.1) is 5.41 Å². The molecule has 1 fully saturated rings. The van der Waals surface area contributed by atoms with E-state index in [4.69, 9.17) is 33.3 Å². The third-order valence-electron chi connectivity index (χ3n) is 12.6. The van der Waals surface area contributed by atoms with Crippen molar-refractivity contribution in [3.63, 3.8) is 0 Å². The molecule has 0 aromatic heterocycles. The summed E-state index contributed by atoms with van der Waals surface area (Å²) in [7, 11) is -13.1. The molecule has 2 amide bonds. The molecule has 1 atom stereocenters. The van der Waals surface area contributed by atoms with Crippen LogP contribution < -0.4 is 9.80 Å². The second-order valence-corrected chi connectivity index (χ2v) is 24.3. The average Bonchev–Trinajstić information content (AvgIpc) is 3.99. The van der Waals surface area contributed by atoms with Crippen LogP contribution in [0.3, 0.4) is 0 Å². The van der Waals surface area contributed by atoms with E-state index in [0.717, 1.165) is 5.57 Å². The molecule has 0 spiro atoms. The quantitative estimate of drug-likeness (QED) is 0.0272. The van der Waals surface area contributed by atoms with Crippen molar-refractivity contribution in [1.29, 1.82) is 0 Å². The van der Waals surface area contributed by atoms with Crippen molar-refractivity contribution in [3.05, 3.63) is 89.7 Å². The molecule has 0 bridgehead atoms. The highest BCUT2D eigenvalue weighted by molar-refractivity contribution is 7.86. The molecule has 1 saturated heterocycles. The Hall–Kier alpha value is -5.10. The topological polar surface area (TPSA) is 309 Å². The van der Waals surface area contributed by atoms with E-state index in [9.17, 15) is 58.4 Å². The fourth-order valence-electron chi connectivity index (χ4n) is 8.67. The van der Waals surface area contributed by atoms with E-state index in [1.165, 1.54) is 12.1 Å². The van der Waals surface area contributed by atoms with Crippen molar-refractivity contribution in [3.8, 4) is 5.75 Å². The summed E-state index contributed by atoms with van der Waals surface area (Å²) in [4.78, 5) is 43.1. The number of carbonyl (C=O) groups is 3. The summed E-state index contributed by atoms with van der Waals surface area (Å²) in [6, 6.07) is 9.44. The predicted octanol–water partition coefficient (Wildman–Crippen LogP) is 5.71. The summed E-state index contributed by atoms with van der Waals surface area (Å²) in [6.45, 7) is 18.2. The fraction of sp³-hybridized carbons (Fsp3) is 0.566. The van der Waals surface area contributed by atoms with Crippen molar-refractivity contribution < 1.29 is 91.7 Å². The van der Waals surface area contributed by atoms with Gasteiger partial charge in [0.1, 0.15) is 5.75 Å². The second kappa shape index (κ2) is 31.2. The fourth-order valence-corrected chi connectivity index (χ4v) is 10.2. The van der Waals surface area contributed by atoms with Gasteiger partial charge in [0.15, 0.2) is 0 Å². The summed E-state index contributed by atoms with van der Waals surface area (Å²) in [5.74, 6) is -2.77. The van der Waals surface area contributed by atoms with Gasteiger partial charge in [-0.15, -0.1) is 5.06 Å². The highest BCUT2D eigenvalue weighted by atomic mass is 32.2. The number of hydroxylamine groups is 2. The summed E-state index contributed by atoms with van der Waals surface area (Å²) < 4.78 is 133. The van der Waals surface area contributed by atoms with Gasteiger partial charge in [-0.3, -0.25) is 23.2 Å². The van der Waals surface area contributed by atoms with Gasteiger partial charge in [0.05, 0.1) is 102 Å². The molecule has 4 N–H and O–H groups in total. The number of phenols is 1. The molecule has 2 aromatic rings. The number of aromatic hydroxyl groups is 1. The van der Waals surface area contributed by atoms with Gasteiger partial charge >= 0.3 is 5.97 Å². The summed E-state index contributed by atoms with van der Waals surface area (Å²) in [5.41, 5.74) is 2.75. The Balaban J connectivity index is 1.31. The van der Waals surface area contributed by atoms with E-state index in [2.05, 4.69) is 6.58 Å². The first kappa shape index (κ1) is 66.4. The van der Waals surface area contributed by atoms with Crippen LogP contribution in [0.4, 0.5) is 11.4 Å². The molecule has 23 nitrogen and oxygen atoms in total. The van der Waals surface area contributed by atoms with Crippen LogP contribution in [0.25, 0.3) is 5.57 Å². The van der Waals surface area contributed by atoms with Crippen LogP contribution in [0.15, 0.2) is 83.4 Å².